The fourth-order valence-corrected chi connectivity index (χ4v) is 4.46. The summed E-state index contributed by atoms with van der Waals surface area (Å²) < 4.78 is 10.8. The Labute approximate surface area is 159 Å². The molecule has 1 aliphatic rings. The van der Waals surface area contributed by atoms with Crippen molar-refractivity contribution in [3.8, 4) is 0 Å². The van der Waals surface area contributed by atoms with Crippen molar-refractivity contribution >= 4 is 17.1 Å². The Hall–Kier alpha value is -1.53. The van der Waals surface area contributed by atoms with Crippen molar-refractivity contribution < 1.29 is 14.1 Å². The van der Waals surface area contributed by atoms with Gasteiger partial charge < -0.3 is 9.26 Å². The molecule has 0 spiro atoms. The predicted molar refractivity (Wildman–Crippen MR) is 102 cm³/mol. The first-order chi connectivity index (χ1) is 12.6. The number of aryl methyl sites for hydroxylation is 4. The highest BCUT2D eigenvalue weighted by atomic mass is 32.1. The van der Waals surface area contributed by atoms with E-state index >= 15 is 0 Å². The van der Waals surface area contributed by atoms with E-state index in [4.69, 9.17) is 9.26 Å². The lowest BCUT2D eigenvalue weighted by molar-refractivity contribution is 0.0956. The predicted octanol–water partition coefficient (Wildman–Crippen LogP) is 4.49. The zero-order valence-corrected chi connectivity index (χ0v) is 16.8. The average Bonchev–Trinajstić information content (AvgIpc) is 3.33. The summed E-state index contributed by atoms with van der Waals surface area (Å²) in [5.74, 6) is 1.49. The van der Waals surface area contributed by atoms with Crippen LogP contribution >= 0.6 is 11.3 Å². The number of Topliss-reactive ketones (excluding diaryl/α,β-unsaturated/α-hetero) is 1. The van der Waals surface area contributed by atoms with Crippen LogP contribution in [-0.2, 0) is 24.0 Å². The van der Waals surface area contributed by atoms with E-state index in [2.05, 4.69) is 17.1 Å². The van der Waals surface area contributed by atoms with E-state index in [1.807, 2.05) is 13.8 Å². The molecule has 0 aliphatic carbocycles. The first kappa shape index (κ1) is 19.2. The summed E-state index contributed by atoms with van der Waals surface area (Å²) in [6.45, 7) is 7.59. The number of carbonyl (C=O) groups excluding carboxylic acids is 1. The number of aromatic nitrogens is 2. The molecule has 1 unspecified atom stereocenters. The largest absolute Gasteiger partial charge is 0.381 e. The van der Waals surface area contributed by atoms with Gasteiger partial charge in [-0.15, -0.1) is 11.3 Å². The van der Waals surface area contributed by atoms with Crippen LogP contribution in [0.5, 0.6) is 0 Å². The van der Waals surface area contributed by atoms with E-state index in [0.717, 1.165) is 72.2 Å². The molecule has 1 fully saturated rings. The highest BCUT2D eigenvalue weighted by Crippen LogP contribution is 2.26. The molecule has 0 saturated carbocycles. The summed E-state index contributed by atoms with van der Waals surface area (Å²) in [6, 6.07) is 0. The zero-order valence-electron chi connectivity index (χ0n) is 16.0. The lowest BCUT2D eigenvalue weighted by atomic mass is 10.0. The average molecular weight is 377 g/mol. The fourth-order valence-electron chi connectivity index (χ4n) is 3.45. The molecule has 0 N–H and O–H groups in total. The van der Waals surface area contributed by atoms with Gasteiger partial charge in [0.25, 0.3) is 0 Å². The maximum absolute atomic E-state index is 12.6. The molecule has 1 aliphatic heterocycles. The number of rotatable bonds is 9. The number of ketones is 1. The smallest absolute Gasteiger partial charge is 0.175 e. The Balaban J connectivity index is 1.62. The highest BCUT2D eigenvalue weighted by Gasteiger charge is 2.23. The van der Waals surface area contributed by atoms with Gasteiger partial charge in [0, 0.05) is 31.6 Å². The van der Waals surface area contributed by atoms with E-state index in [1.54, 1.807) is 11.3 Å². The van der Waals surface area contributed by atoms with E-state index in [-0.39, 0.29) is 5.78 Å². The third-order valence-electron chi connectivity index (χ3n) is 5.01. The van der Waals surface area contributed by atoms with Crippen LogP contribution in [0.25, 0.3) is 0 Å². The number of ether oxygens (including phenoxy) is 1. The maximum atomic E-state index is 12.6. The number of hydrogen-bond acceptors (Lipinski definition) is 6. The molecular formula is C20H28N2O3S. The minimum Gasteiger partial charge on any atom is -0.381 e. The fraction of sp³-hybridized carbons (Fsp3) is 0.650. The Bertz CT molecular complexity index is 744. The SMILES string of the molecule is CCCCc1noc(C)c1CCc1nc(C)c(C(=O)CC2CCOC2)s1. The van der Waals surface area contributed by atoms with Gasteiger partial charge in [0.15, 0.2) is 5.78 Å². The molecule has 6 heteroatoms. The van der Waals surface area contributed by atoms with Gasteiger partial charge in [-0.3, -0.25) is 4.79 Å². The molecule has 5 nitrogen and oxygen atoms in total. The van der Waals surface area contributed by atoms with Crippen LogP contribution < -0.4 is 0 Å². The number of thiazole rings is 1. The summed E-state index contributed by atoms with van der Waals surface area (Å²) in [5, 5.41) is 5.24. The van der Waals surface area contributed by atoms with Gasteiger partial charge in [-0.05, 0) is 45.4 Å². The van der Waals surface area contributed by atoms with Crippen molar-refractivity contribution in [2.75, 3.05) is 13.2 Å². The van der Waals surface area contributed by atoms with Crippen LogP contribution in [0.2, 0.25) is 0 Å². The van der Waals surface area contributed by atoms with Crippen LogP contribution in [0.3, 0.4) is 0 Å². The summed E-state index contributed by atoms with van der Waals surface area (Å²) >= 11 is 1.55. The van der Waals surface area contributed by atoms with Gasteiger partial charge >= 0.3 is 0 Å². The van der Waals surface area contributed by atoms with E-state index in [9.17, 15) is 4.79 Å². The number of unbranched alkanes of at least 4 members (excludes halogenated alkanes) is 1. The van der Waals surface area contributed by atoms with Crippen LogP contribution in [0.4, 0.5) is 0 Å². The van der Waals surface area contributed by atoms with Crippen LogP contribution in [0.1, 0.15) is 70.0 Å². The van der Waals surface area contributed by atoms with Gasteiger partial charge in [-0.25, -0.2) is 4.98 Å². The molecule has 2 aromatic heterocycles. The lowest BCUT2D eigenvalue weighted by Gasteiger charge is -2.04. The first-order valence-corrected chi connectivity index (χ1v) is 10.4. The third kappa shape index (κ3) is 4.60. The topological polar surface area (TPSA) is 65.2 Å². The second-order valence-corrected chi connectivity index (χ2v) is 8.23. The van der Waals surface area contributed by atoms with Gasteiger partial charge in [-0.1, -0.05) is 18.5 Å². The highest BCUT2D eigenvalue weighted by molar-refractivity contribution is 7.13. The Morgan fingerprint density at radius 2 is 2.12 bits per heavy atom. The Morgan fingerprint density at radius 1 is 1.27 bits per heavy atom. The summed E-state index contributed by atoms with van der Waals surface area (Å²) in [4.78, 5) is 18.0. The van der Waals surface area contributed by atoms with Crippen molar-refractivity contribution in [2.45, 2.75) is 65.7 Å². The van der Waals surface area contributed by atoms with Crippen molar-refractivity contribution in [1.82, 2.24) is 10.1 Å². The van der Waals surface area contributed by atoms with Crippen molar-refractivity contribution in [2.24, 2.45) is 5.92 Å². The standard InChI is InChI=1S/C20H28N2O3S/c1-4-5-6-17-16(14(3)25-22-17)7-8-19-21-13(2)20(26-19)18(23)11-15-9-10-24-12-15/h15H,4-12H2,1-3H3. The Morgan fingerprint density at radius 3 is 2.85 bits per heavy atom. The molecule has 26 heavy (non-hydrogen) atoms. The van der Waals surface area contributed by atoms with Gasteiger partial charge in [0.1, 0.15) is 5.76 Å². The second kappa shape index (κ2) is 8.91. The summed E-state index contributed by atoms with van der Waals surface area (Å²) in [5.41, 5.74) is 3.15. The van der Waals surface area contributed by atoms with Gasteiger partial charge in [-0.2, -0.15) is 0 Å². The maximum Gasteiger partial charge on any atom is 0.175 e. The molecule has 3 heterocycles. The summed E-state index contributed by atoms with van der Waals surface area (Å²) in [6.07, 6.45) is 6.50. The van der Waals surface area contributed by atoms with E-state index in [1.165, 1.54) is 5.56 Å². The minimum absolute atomic E-state index is 0.214. The van der Waals surface area contributed by atoms with Gasteiger partial charge in [0.2, 0.25) is 0 Å². The van der Waals surface area contributed by atoms with Crippen molar-refractivity contribution in [3.05, 3.63) is 32.6 Å². The van der Waals surface area contributed by atoms with Crippen molar-refractivity contribution in [1.29, 1.82) is 0 Å². The number of carbonyl (C=O) groups is 1. The minimum atomic E-state index is 0.214. The normalized spacial score (nSPS) is 17.1. The molecule has 1 atom stereocenters. The molecule has 2 aromatic rings. The number of hydrogen-bond donors (Lipinski definition) is 0. The summed E-state index contributed by atoms with van der Waals surface area (Å²) in [7, 11) is 0. The lowest BCUT2D eigenvalue weighted by Crippen LogP contribution is -2.08. The molecular weight excluding hydrogens is 348 g/mol. The molecule has 0 bridgehead atoms. The monoisotopic (exact) mass is 376 g/mol. The third-order valence-corrected chi connectivity index (χ3v) is 6.27. The number of nitrogens with zero attached hydrogens (tertiary/aromatic N) is 2. The zero-order chi connectivity index (χ0) is 18.5. The van der Waals surface area contributed by atoms with Crippen LogP contribution in [-0.4, -0.2) is 29.1 Å². The van der Waals surface area contributed by atoms with Crippen LogP contribution in [0, 0.1) is 19.8 Å². The van der Waals surface area contributed by atoms with Crippen LogP contribution in [0.15, 0.2) is 4.52 Å². The molecule has 142 valence electrons. The van der Waals surface area contributed by atoms with E-state index in [0.29, 0.717) is 18.9 Å². The second-order valence-electron chi connectivity index (χ2n) is 7.15. The first-order valence-electron chi connectivity index (χ1n) is 9.59. The Kier molecular flexibility index (Phi) is 6.59. The quantitative estimate of drug-likeness (QED) is 0.604. The van der Waals surface area contributed by atoms with Gasteiger partial charge in [0.05, 0.1) is 21.3 Å². The molecule has 3 rings (SSSR count). The molecule has 0 amide bonds. The van der Waals surface area contributed by atoms with E-state index < -0.39 is 0 Å². The molecule has 0 radical (unpaired) electrons. The van der Waals surface area contributed by atoms with Crippen molar-refractivity contribution in [3.63, 3.8) is 0 Å². The molecule has 0 aromatic carbocycles. The molecule has 1 saturated heterocycles.